The normalized spacial score (nSPS) is 16.9. The van der Waals surface area contributed by atoms with Crippen molar-refractivity contribution in [2.24, 2.45) is 0 Å². The molecule has 0 radical (unpaired) electrons. The van der Waals surface area contributed by atoms with E-state index in [0.29, 0.717) is 0 Å². The van der Waals surface area contributed by atoms with Crippen molar-refractivity contribution in [3.8, 4) is 11.5 Å². The van der Waals surface area contributed by atoms with Gasteiger partial charge in [0.25, 0.3) is 0 Å². The molecule has 3 heteroatoms. The number of carbonyl (C=O) groups excluding carboxylic acids is 1. The Hall–Kier alpha value is -2.29. The molecule has 1 aliphatic carbocycles. The fourth-order valence-corrected chi connectivity index (χ4v) is 2.73. The summed E-state index contributed by atoms with van der Waals surface area (Å²) in [5.41, 5.74) is 2.87. The third-order valence-electron chi connectivity index (χ3n) is 3.81. The lowest BCUT2D eigenvalue weighted by atomic mass is 9.95. The maximum atomic E-state index is 12.5. The number of methoxy groups -OCH3 is 2. The van der Waals surface area contributed by atoms with E-state index >= 15 is 0 Å². The molecule has 0 saturated carbocycles. The van der Waals surface area contributed by atoms with Gasteiger partial charge in [-0.05, 0) is 47.9 Å². The minimum Gasteiger partial charge on any atom is -0.497 e. The summed E-state index contributed by atoms with van der Waals surface area (Å²) in [5, 5.41) is 0. The summed E-state index contributed by atoms with van der Waals surface area (Å²) in [5.74, 6) is 1.63. The molecule has 0 unspecified atom stereocenters. The topological polar surface area (TPSA) is 35.5 Å². The van der Waals surface area contributed by atoms with Crippen LogP contribution in [0.2, 0.25) is 0 Å². The van der Waals surface area contributed by atoms with Gasteiger partial charge in [0.05, 0.1) is 20.1 Å². The van der Waals surface area contributed by atoms with E-state index in [1.165, 1.54) is 0 Å². The summed E-state index contributed by atoms with van der Waals surface area (Å²) in [7, 11) is 3.27. The van der Waals surface area contributed by atoms with Crippen LogP contribution in [0.1, 0.15) is 27.4 Å². The highest BCUT2D eigenvalue weighted by Gasteiger charge is 2.32. The predicted molar refractivity (Wildman–Crippen MR) is 76.8 cm³/mol. The molecule has 102 valence electrons. The fraction of sp³-hybridized carbons (Fsp3) is 0.235. The Morgan fingerprint density at radius 3 is 2.50 bits per heavy atom. The Labute approximate surface area is 118 Å². The maximum absolute atomic E-state index is 12.5. The highest BCUT2D eigenvalue weighted by atomic mass is 16.5. The van der Waals surface area contributed by atoms with Crippen molar-refractivity contribution in [1.29, 1.82) is 0 Å². The van der Waals surface area contributed by atoms with Gasteiger partial charge in [0, 0.05) is 5.56 Å². The first-order valence-corrected chi connectivity index (χ1v) is 6.58. The number of fused-ring (bicyclic) bond motifs is 1. The molecule has 0 amide bonds. The molecule has 3 nitrogen and oxygen atoms in total. The first-order valence-electron chi connectivity index (χ1n) is 6.58. The van der Waals surface area contributed by atoms with E-state index in [9.17, 15) is 4.79 Å². The second kappa shape index (κ2) is 5.00. The molecule has 0 bridgehead atoms. The molecular weight excluding hydrogens is 252 g/mol. The summed E-state index contributed by atoms with van der Waals surface area (Å²) in [6, 6.07) is 13.4. The minimum atomic E-state index is -0.118. The zero-order valence-electron chi connectivity index (χ0n) is 11.6. The van der Waals surface area contributed by atoms with Gasteiger partial charge in [-0.15, -0.1) is 0 Å². The molecule has 0 N–H and O–H groups in total. The average molecular weight is 268 g/mol. The van der Waals surface area contributed by atoms with Crippen LogP contribution in [0.15, 0.2) is 42.5 Å². The van der Waals surface area contributed by atoms with Gasteiger partial charge in [-0.25, -0.2) is 0 Å². The molecule has 2 aromatic rings. The zero-order valence-corrected chi connectivity index (χ0v) is 11.6. The van der Waals surface area contributed by atoms with E-state index in [0.717, 1.165) is 34.6 Å². The van der Waals surface area contributed by atoms with Crippen molar-refractivity contribution in [3.05, 3.63) is 59.2 Å². The Balaban J connectivity index is 1.96. The molecule has 0 aromatic heterocycles. The van der Waals surface area contributed by atoms with Crippen molar-refractivity contribution in [2.75, 3.05) is 14.2 Å². The predicted octanol–water partition coefficient (Wildman–Crippen LogP) is 3.23. The van der Waals surface area contributed by atoms with Crippen LogP contribution in [-0.4, -0.2) is 20.0 Å². The van der Waals surface area contributed by atoms with Crippen molar-refractivity contribution in [1.82, 2.24) is 0 Å². The van der Waals surface area contributed by atoms with Gasteiger partial charge in [0.2, 0.25) is 0 Å². The Morgan fingerprint density at radius 1 is 1.00 bits per heavy atom. The Bertz CT molecular complexity index is 661. The second-order valence-corrected chi connectivity index (χ2v) is 4.92. The SMILES string of the molecule is COc1cccc([C@H]2Cc3cc(OC)ccc3C2=O)c1. The van der Waals surface area contributed by atoms with E-state index in [1.807, 2.05) is 42.5 Å². The largest absolute Gasteiger partial charge is 0.497 e. The van der Waals surface area contributed by atoms with E-state index in [-0.39, 0.29) is 11.7 Å². The van der Waals surface area contributed by atoms with E-state index in [4.69, 9.17) is 9.47 Å². The molecule has 1 atom stereocenters. The van der Waals surface area contributed by atoms with Crippen LogP contribution in [-0.2, 0) is 6.42 Å². The van der Waals surface area contributed by atoms with Crippen LogP contribution < -0.4 is 9.47 Å². The average Bonchev–Trinajstić information content (AvgIpc) is 2.83. The van der Waals surface area contributed by atoms with Crippen molar-refractivity contribution >= 4 is 5.78 Å². The lowest BCUT2D eigenvalue weighted by Gasteiger charge is -2.09. The van der Waals surface area contributed by atoms with Gasteiger partial charge in [-0.3, -0.25) is 4.79 Å². The first kappa shape index (κ1) is 12.7. The first-order chi connectivity index (χ1) is 9.72. The van der Waals surface area contributed by atoms with Gasteiger partial charge in [-0.2, -0.15) is 0 Å². The number of ketones is 1. The molecule has 1 aliphatic rings. The van der Waals surface area contributed by atoms with E-state index in [1.54, 1.807) is 14.2 Å². The summed E-state index contributed by atoms with van der Waals surface area (Å²) >= 11 is 0. The molecule has 20 heavy (non-hydrogen) atoms. The van der Waals surface area contributed by atoms with Gasteiger partial charge in [0.1, 0.15) is 11.5 Å². The van der Waals surface area contributed by atoms with Crippen LogP contribution in [0.5, 0.6) is 11.5 Å². The molecule has 0 aliphatic heterocycles. The lowest BCUT2D eigenvalue weighted by molar-refractivity contribution is 0.0973. The molecule has 0 fully saturated rings. The number of benzene rings is 2. The summed E-state index contributed by atoms with van der Waals surface area (Å²) in [4.78, 5) is 12.5. The molecule has 0 heterocycles. The van der Waals surface area contributed by atoms with Gasteiger partial charge >= 0.3 is 0 Å². The second-order valence-electron chi connectivity index (χ2n) is 4.92. The van der Waals surface area contributed by atoms with Crippen molar-refractivity contribution in [2.45, 2.75) is 12.3 Å². The third-order valence-corrected chi connectivity index (χ3v) is 3.81. The number of hydrogen-bond acceptors (Lipinski definition) is 3. The molecule has 0 spiro atoms. The van der Waals surface area contributed by atoms with Gasteiger partial charge in [0.15, 0.2) is 5.78 Å². The number of hydrogen-bond donors (Lipinski definition) is 0. The number of Topliss-reactive ketones (excluding diaryl/α,β-unsaturated/α-hetero) is 1. The van der Waals surface area contributed by atoms with Crippen molar-refractivity contribution in [3.63, 3.8) is 0 Å². The molecule has 2 aromatic carbocycles. The number of rotatable bonds is 3. The van der Waals surface area contributed by atoms with Crippen LogP contribution in [0.4, 0.5) is 0 Å². The highest BCUT2D eigenvalue weighted by molar-refractivity contribution is 6.05. The Morgan fingerprint density at radius 2 is 1.75 bits per heavy atom. The van der Waals surface area contributed by atoms with E-state index in [2.05, 4.69) is 0 Å². The van der Waals surface area contributed by atoms with Crippen LogP contribution in [0.25, 0.3) is 0 Å². The fourth-order valence-electron chi connectivity index (χ4n) is 2.73. The minimum absolute atomic E-state index is 0.118. The maximum Gasteiger partial charge on any atom is 0.170 e. The van der Waals surface area contributed by atoms with E-state index < -0.39 is 0 Å². The highest BCUT2D eigenvalue weighted by Crippen LogP contribution is 2.36. The zero-order chi connectivity index (χ0) is 14.1. The molecule has 0 saturated heterocycles. The molecular formula is C17H16O3. The molecule has 3 rings (SSSR count). The van der Waals surface area contributed by atoms with Crippen molar-refractivity contribution < 1.29 is 14.3 Å². The smallest absolute Gasteiger partial charge is 0.170 e. The van der Waals surface area contributed by atoms with Crippen LogP contribution in [0.3, 0.4) is 0 Å². The summed E-state index contributed by atoms with van der Waals surface area (Å²) in [6.07, 6.45) is 0.721. The summed E-state index contributed by atoms with van der Waals surface area (Å²) in [6.45, 7) is 0. The monoisotopic (exact) mass is 268 g/mol. The lowest BCUT2D eigenvalue weighted by Crippen LogP contribution is -2.06. The van der Waals surface area contributed by atoms with Gasteiger partial charge < -0.3 is 9.47 Å². The standard InChI is InChI=1S/C17H16O3/c1-19-13-5-3-4-11(8-13)16-10-12-9-14(20-2)6-7-15(12)17(16)18/h3-9,16H,10H2,1-2H3/t16-/m1/s1. The Kier molecular flexibility index (Phi) is 3.18. The van der Waals surface area contributed by atoms with Gasteiger partial charge in [-0.1, -0.05) is 12.1 Å². The number of ether oxygens (including phenoxy) is 2. The quantitative estimate of drug-likeness (QED) is 0.857. The number of carbonyl (C=O) groups is 1. The third kappa shape index (κ3) is 2.05. The van der Waals surface area contributed by atoms with Crippen LogP contribution in [0, 0.1) is 0 Å². The van der Waals surface area contributed by atoms with Crippen LogP contribution >= 0.6 is 0 Å². The summed E-state index contributed by atoms with van der Waals surface area (Å²) < 4.78 is 10.5.